The van der Waals surface area contributed by atoms with E-state index in [1.54, 1.807) is 12.4 Å². The number of aryl methyl sites for hydroxylation is 1. The minimum absolute atomic E-state index is 0.693. The van der Waals surface area contributed by atoms with Crippen molar-refractivity contribution in [3.8, 4) is 0 Å². The van der Waals surface area contributed by atoms with E-state index in [9.17, 15) is 0 Å². The quantitative estimate of drug-likeness (QED) is 0.709. The molecular formula is C16H17N7. The lowest BCUT2D eigenvalue weighted by atomic mass is 10.3. The standard InChI is InChI=1S/C16H17N7/c1-12-17-5-4-15(20-12)23-10-8-22(9-11-23)14-3-2-13-16(21-14)19-7-6-18-13/h2-7H,8-11H2,1H3. The van der Waals surface area contributed by atoms with Crippen LogP contribution < -0.4 is 9.80 Å². The van der Waals surface area contributed by atoms with Crippen LogP contribution in [-0.4, -0.2) is 51.1 Å². The summed E-state index contributed by atoms with van der Waals surface area (Å²) >= 11 is 0. The molecule has 3 aromatic rings. The lowest BCUT2D eigenvalue weighted by Gasteiger charge is -2.36. The third kappa shape index (κ3) is 2.77. The van der Waals surface area contributed by atoms with Gasteiger partial charge in [-0.3, -0.25) is 4.98 Å². The molecule has 1 saturated heterocycles. The van der Waals surface area contributed by atoms with Crippen LogP contribution in [0.5, 0.6) is 0 Å². The Balaban J connectivity index is 1.50. The number of hydrogen-bond donors (Lipinski definition) is 0. The van der Waals surface area contributed by atoms with Crippen LogP contribution >= 0.6 is 0 Å². The highest BCUT2D eigenvalue weighted by Gasteiger charge is 2.19. The molecule has 3 aromatic heterocycles. The van der Waals surface area contributed by atoms with E-state index in [0.717, 1.165) is 49.2 Å². The van der Waals surface area contributed by atoms with Gasteiger partial charge >= 0.3 is 0 Å². The Labute approximate surface area is 134 Å². The summed E-state index contributed by atoms with van der Waals surface area (Å²) in [5.41, 5.74) is 1.52. The van der Waals surface area contributed by atoms with Gasteiger partial charge in [0.05, 0.1) is 0 Å². The van der Waals surface area contributed by atoms with Gasteiger partial charge in [-0.15, -0.1) is 0 Å². The third-order valence-corrected chi connectivity index (χ3v) is 4.01. The molecule has 0 bridgehead atoms. The van der Waals surface area contributed by atoms with Crippen LogP contribution in [0.1, 0.15) is 5.82 Å². The van der Waals surface area contributed by atoms with Crippen molar-refractivity contribution in [2.75, 3.05) is 36.0 Å². The molecule has 0 atom stereocenters. The van der Waals surface area contributed by atoms with Gasteiger partial charge in [0.15, 0.2) is 5.65 Å². The van der Waals surface area contributed by atoms with E-state index >= 15 is 0 Å². The van der Waals surface area contributed by atoms with Gasteiger partial charge in [0.1, 0.15) is 23.0 Å². The normalized spacial score (nSPS) is 15.2. The van der Waals surface area contributed by atoms with Crippen LogP contribution in [-0.2, 0) is 0 Å². The molecule has 1 aliphatic heterocycles. The van der Waals surface area contributed by atoms with Crippen LogP contribution in [0.4, 0.5) is 11.6 Å². The predicted octanol–water partition coefficient (Wildman–Crippen LogP) is 1.45. The molecule has 0 saturated carbocycles. The topological polar surface area (TPSA) is 70.9 Å². The van der Waals surface area contributed by atoms with Gasteiger partial charge in [-0.2, -0.15) is 0 Å². The van der Waals surface area contributed by atoms with E-state index < -0.39 is 0 Å². The molecule has 0 spiro atoms. The van der Waals surface area contributed by atoms with Crippen molar-refractivity contribution in [2.45, 2.75) is 6.92 Å². The Kier molecular flexibility index (Phi) is 3.45. The number of rotatable bonds is 2. The van der Waals surface area contributed by atoms with Crippen LogP contribution in [0.25, 0.3) is 11.2 Å². The summed E-state index contributed by atoms with van der Waals surface area (Å²) in [4.78, 5) is 26.4. The maximum absolute atomic E-state index is 4.62. The van der Waals surface area contributed by atoms with Crippen molar-refractivity contribution < 1.29 is 0 Å². The van der Waals surface area contributed by atoms with Crippen LogP contribution in [0.2, 0.25) is 0 Å². The maximum atomic E-state index is 4.62. The molecule has 0 radical (unpaired) electrons. The minimum Gasteiger partial charge on any atom is -0.353 e. The number of aromatic nitrogens is 5. The van der Waals surface area contributed by atoms with E-state index in [-0.39, 0.29) is 0 Å². The Bertz CT molecular complexity index is 827. The summed E-state index contributed by atoms with van der Waals surface area (Å²) < 4.78 is 0. The number of nitrogens with zero attached hydrogens (tertiary/aromatic N) is 7. The Hall–Kier alpha value is -2.83. The largest absolute Gasteiger partial charge is 0.353 e. The van der Waals surface area contributed by atoms with Crippen molar-refractivity contribution in [1.29, 1.82) is 0 Å². The number of fused-ring (bicyclic) bond motifs is 1. The summed E-state index contributed by atoms with van der Waals surface area (Å²) in [5, 5.41) is 0. The first kappa shape index (κ1) is 13.8. The van der Waals surface area contributed by atoms with E-state index in [1.807, 2.05) is 31.3 Å². The minimum atomic E-state index is 0.693. The Morgan fingerprint density at radius 1 is 0.739 bits per heavy atom. The maximum Gasteiger partial charge on any atom is 0.180 e. The molecule has 7 heteroatoms. The van der Waals surface area contributed by atoms with Crippen molar-refractivity contribution >= 4 is 22.8 Å². The molecular weight excluding hydrogens is 290 g/mol. The van der Waals surface area contributed by atoms with Gasteiger partial charge in [0.25, 0.3) is 0 Å². The van der Waals surface area contributed by atoms with E-state index in [0.29, 0.717) is 5.65 Å². The summed E-state index contributed by atoms with van der Waals surface area (Å²) in [6.45, 7) is 5.55. The Morgan fingerprint density at radius 3 is 2.17 bits per heavy atom. The molecule has 0 unspecified atom stereocenters. The van der Waals surface area contributed by atoms with Crippen LogP contribution in [0.15, 0.2) is 36.8 Å². The summed E-state index contributed by atoms with van der Waals surface area (Å²) in [5.74, 6) is 2.76. The number of hydrogen-bond acceptors (Lipinski definition) is 7. The summed E-state index contributed by atoms with van der Waals surface area (Å²) in [6.07, 6.45) is 5.17. The van der Waals surface area contributed by atoms with Crippen LogP contribution in [0.3, 0.4) is 0 Å². The smallest absolute Gasteiger partial charge is 0.180 e. The van der Waals surface area contributed by atoms with E-state index in [2.05, 4.69) is 34.7 Å². The second kappa shape index (κ2) is 5.75. The van der Waals surface area contributed by atoms with Gasteiger partial charge in [-0.05, 0) is 25.1 Å². The average molecular weight is 307 g/mol. The lowest BCUT2D eigenvalue weighted by molar-refractivity contribution is 0.640. The van der Waals surface area contributed by atoms with Gasteiger partial charge < -0.3 is 9.80 Å². The molecule has 0 N–H and O–H groups in total. The fraction of sp³-hybridized carbons (Fsp3) is 0.312. The fourth-order valence-electron chi connectivity index (χ4n) is 2.80. The van der Waals surface area contributed by atoms with Crippen molar-refractivity contribution in [1.82, 2.24) is 24.9 Å². The van der Waals surface area contributed by atoms with E-state index in [1.165, 1.54) is 0 Å². The summed E-state index contributed by atoms with van der Waals surface area (Å²) in [7, 11) is 0. The Morgan fingerprint density at radius 2 is 1.43 bits per heavy atom. The first-order valence-electron chi connectivity index (χ1n) is 7.67. The highest BCUT2D eigenvalue weighted by molar-refractivity contribution is 5.71. The number of anilines is 2. The first-order valence-corrected chi connectivity index (χ1v) is 7.67. The molecule has 1 fully saturated rings. The molecule has 7 nitrogen and oxygen atoms in total. The zero-order valence-electron chi connectivity index (χ0n) is 12.9. The first-order chi connectivity index (χ1) is 11.3. The zero-order valence-corrected chi connectivity index (χ0v) is 12.9. The second-order valence-electron chi connectivity index (χ2n) is 5.50. The van der Waals surface area contributed by atoms with Gasteiger partial charge in [0, 0.05) is 44.8 Å². The number of piperazine rings is 1. The van der Waals surface area contributed by atoms with Gasteiger partial charge in [-0.25, -0.2) is 19.9 Å². The van der Waals surface area contributed by atoms with Crippen molar-refractivity contribution in [2.24, 2.45) is 0 Å². The van der Waals surface area contributed by atoms with Gasteiger partial charge in [0.2, 0.25) is 0 Å². The molecule has 1 aliphatic rings. The molecule has 116 valence electrons. The average Bonchev–Trinajstić information content (AvgIpc) is 2.61. The second-order valence-corrected chi connectivity index (χ2v) is 5.50. The molecule has 0 aromatic carbocycles. The predicted molar refractivity (Wildman–Crippen MR) is 88.5 cm³/mol. The fourth-order valence-corrected chi connectivity index (χ4v) is 2.80. The van der Waals surface area contributed by atoms with Gasteiger partial charge in [-0.1, -0.05) is 0 Å². The molecule has 23 heavy (non-hydrogen) atoms. The molecule has 4 rings (SSSR count). The molecule has 0 aliphatic carbocycles. The highest BCUT2D eigenvalue weighted by Crippen LogP contribution is 2.19. The SMILES string of the molecule is Cc1nccc(N2CCN(c3ccc4nccnc4n3)CC2)n1. The monoisotopic (exact) mass is 307 g/mol. The van der Waals surface area contributed by atoms with Crippen LogP contribution in [0, 0.1) is 6.92 Å². The molecule has 0 amide bonds. The van der Waals surface area contributed by atoms with Crippen molar-refractivity contribution in [3.63, 3.8) is 0 Å². The highest BCUT2D eigenvalue weighted by atomic mass is 15.3. The summed E-state index contributed by atoms with van der Waals surface area (Å²) in [6, 6.07) is 5.96. The lowest BCUT2D eigenvalue weighted by Crippen LogP contribution is -2.47. The molecule has 4 heterocycles. The third-order valence-electron chi connectivity index (χ3n) is 4.01. The number of pyridine rings is 1. The zero-order chi connectivity index (χ0) is 15.6. The van der Waals surface area contributed by atoms with E-state index in [4.69, 9.17) is 0 Å². The van der Waals surface area contributed by atoms with Crippen molar-refractivity contribution in [3.05, 3.63) is 42.6 Å².